The summed E-state index contributed by atoms with van der Waals surface area (Å²) < 4.78 is 2.20. The Morgan fingerprint density at radius 2 is 1.77 bits per heavy atom. The van der Waals surface area contributed by atoms with E-state index in [0.717, 1.165) is 37.2 Å². The SMILES string of the molecule is CCc1cc(CC)c(Cn2ccnc2C)c(CC)c1[C]#[Ni].[OH-]. The first-order valence-electron chi connectivity index (χ1n) is 7.63. The summed E-state index contributed by atoms with van der Waals surface area (Å²) in [5.41, 5.74) is 6.69. The van der Waals surface area contributed by atoms with E-state index >= 15 is 0 Å². The molecular weight excluding hydrogens is 319 g/mol. The fraction of sp³-hybridized carbons (Fsp3) is 0.444. The van der Waals surface area contributed by atoms with Crippen LogP contribution in [-0.2, 0) is 40.6 Å². The molecule has 1 N–H and O–H groups in total. The summed E-state index contributed by atoms with van der Waals surface area (Å²) in [5, 5.41) is 0. The van der Waals surface area contributed by atoms with Crippen LogP contribution in [0.15, 0.2) is 18.5 Å². The molecule has 4 heteroatoms. The van der Waals surface area contributed by atoms with Gasteiger partial charge in [-0.3, -0.25) is 0 Å². The van der Waals surface area contributed by atoms with Crippen molar-refractivity contribution < 1.29 is 20.3 Å². The van der Waals surface area contributed by atoms with Crippen LogP contribution in [0, 0.1) is 11.7 Å². The predicted octanol–water partition coefficient (Wildman–Crippen LogP) is 3.60. The fourth-order valence-corrected chi connectivity index (χ4v) is 3.24. The van der Waals surface area contributed by atoms with E-state index in [4.69, 9.17) is 14.8 Å². The molecule has 0 spiro atoms. The summed E-state index contributed by atoms with van der Waals surface area (Å²) in [7, 11) is 0. The van der Waals surface area contributed by atoms with Crippen LogP contribution in [0.5, 0.6) is 0 Å². The van der Waals surface area contributed by atoms with Crippen molar-refractivity contribution in [1.29, 1.82) is 0 Å². The third-order valence-corrected chi connectivity index (χ3v) is 4.42. The summed E-state index contributed by atoms with van der Waals surface area (Å²) in [6.07, 6.45) is 6.96. The Morgan fingerprint density at radius 3 is 2.23 bits per heavy atom. The Hall–Kier alpha value is -1.34. The van der Waals surface area contributed by atoms with Crippen molar-refractivity contribution in [3.05, 3.63) is 52.1 Å². The zero-order valence-corrected chi connectivity index (χ0v) is 14.7. The van der Waals surface area contributed by atoms with Gasteiger partial charge in [0.2, 0.25) is 0 Å². The van der Waals surface area contributed by atoms with Gasteiger partial charge in [-0.1, -0.05) is 0 Å². The predicted molar refractivity (Wildman–Crippen MR) is 85.6 cm³/mol. The van der Waals surface area contributed by atoms with E-state index in [9.17, 15) is 0 Å². The molecule has 123 valence electrons. The van der Waals surface area contributed by atoms with Gasteiger partial charge in [0, 0.05) is 0 Å². The molecule has 0 saturated carbocycles. The summed E-state index contributed by atoms with van der Waals surface area (Å²) in [4.78, 5) is 7.38. The van der Waals surface area contributed by atoms with Crippen LogP contribution in [0.1, 0.15) is 54.4 Å². The molecule has 22 heavy (non-hydrogen) atoms. The minimum atomic E-state index is 0. The van der Waals surface area contributed by atoms with Crippen LogP contribution < -0.4 is 0 Å². The number of rotatable bonds is 5. The summed E-state index contributed by atoms with van der Waals surface area (Å²) in [6, 6.07) is 2.32. The molecule has 0 fully saturated rings. The molecule has 1 aromatic heterocycles. The zero-order valence-electron chi connectivity index (χ0n) is 13.7. The van der Waals surface area contributed by atoms with E-state index in [2.05, 4.69) is 41.2 Å². The van der Waals surface area contributed by atoms with Gasteiger partial charge in [0.1, 0.15) is 0 Å². The molecule has 1 heterocycles. The zero-order chi connectivity index (χ0) is 15.4. The van der Waals surface area contributed by atoms with Gasteiger partial charge in [-0.25, -0.2) is 0 Å². The first-order chi connectivity index (χ1) is 10.2. The smallest absolute Gasteiger partial charge is 0.870 e. The van der Waals surface area contributed by atoms with Crippen LogP contribution >= 0.6 is 0 Å². The largest absolute Gasteiger partial charge is 0.870 e. The third-order valence-electron chi connectivity index (χ3n) is 4.17. The van der Waals surface area contributed by atoms with Crippen LogP contribution in [0.25, 0.3) is 0 Å². The van der Waals surface area contributed by atoms with Crippen molar-refractivity contribution in [1.82, 2.24) is 9.55 Å². The summed E-state index contributed by atoms with van der Waals surface area (Å²) in [5.74, 6) is 1.05. The molecule has 0 aliphatic heterocycles. The Morgan fingerprint density at radius 1 is 1.09 bits per heavy atom. The van der Waals surface area contributed by atoms with Crippen molar-refractivity contribution in [2.75, 3.05) is 0 Å². The van der Waals surface area contributed by atoms with E-state index < -0.39 is 0 Å². The molecule has 0 aliphatic carbocycles. The Bertz CT molecular complexity index is 683. The minimum Gasteiger partial charge on any atom is -0.870 e. The van der Waals surface area contributed by atoms with E-state index in [1.54, 1.807) is 0 Å². The maximum absolute atomic E-state index is 4.86. The molecule has 0 atom stereocenters. The van der Waals surface area contributed by atoms with Crippen LogP contribution in [0.3, 0.4) is 0 Å². The number of hydrogen-bond donors (Lipinski definition) is 0. The van der Waals surface area contributed by atoms with Gasteiger partial charge >= 0.3 is 135 Å². The molecule has 0 saturated heterocycles. The maximum Gasteiger partial charge on any atom is -0.870 e. The Labute approximate surface area is 140 Å². The summed E-state index contributed by atoms with van der Waals surface area (Å²) in [6.45, 7) is 9.54. The van der Waals surface area contributed by atoms with E-state index in [-0.39, 0.29) is 5.48 Å². The van der Waals surface area contributed by atoms with Gasteiger partial charge in [-0.2, -0.15) is 0 Å². The molecule has 0 aliphatic rings. The molecule has 0 bridgehead atoms. The molecule has 3 nitrogen and oxygen atoms in total. The van der Waals surface area contributed by atoms with Crippen LogP contribution in [0.4, 0.5) is 0 Å². The molecule has 0 amide bonds. The molecular formula is C18H24N2NiO-. The first kappa shape index (κ1) is 18.7. The monoisotopic (exact) mass is 342 g/mol. The van der Waals surface area contributed by atoms with E-state index in [0.29, 0.717) is 0 Å². The normalized spacial score (nSPS) is 10.2. The quantitative estimate of drug-likeness (QED) is 0.779. The molecule has 2 aromatic rings. The van der Waals surface area contributed by atoms with Gasteiger partial charge in [-0.05, 0) is 0 Å². The van der Waals surface area contributed by atoms with Crippen LogP contribution in [0.2, 0.25) is 0 Å². The average molecular weight is 343 g/mol. The molecule has 0 radical (unpaired) electrons. The second-order valence-electron chi connectivity index (χ2n) is 5.27. The fourth-order valence-electron chi connectivity index (χ4n) is 2.93. The topological polar surface area (TPSA) is 47.8 Å². The van der Waals surface area contributed by atoms with Gasteiger partial charge in [0.15, 0.2) is 0 Å². The molecule has 0 unspecified atom stereocenters. The van der Waals surface area contributed by atoms with Crippen molar-refractivity contribution in [2.24, 2.45) is 0 Å². The second kappa shape index (κ2) is 8.34. The van der Waals surface area contributed by atoms with Gasteiger partial charge in [0.05, 0.1) is 0 Å². The average Bonchev–Trinajstić information content (AvgIpc) is 2.91. The number of hydrogen-bond acceptors (Lipinski definition) is 2. The van der Waals surface area contributed by atoms with Gasteiger partial charge < -0.3 is 5.48 Å². The van der Waals surface area contributed by atoms with Crippen molar-refractivity contribution in [2.45, 2.75) is 53.5 Å². The third kappa shape index (κ3) is 3.52. The van der Waals surface area contributed by atoms with E-state index in [1.165, 1.54) is 22.3 Å². The standard InChI is InChI=1S/C18H23N2.Ni.H2O/c1-6-15-11-16(7-2)18(17(8-3)13(15)4)12-20-10-9-19-14(20)5;;/h9-11H,6-8,12H2,1-3,5H3;;1H2/p-1. The maximum atomic E-state index is 4.86. The molecule has 2 rings (SSSR count). The second-order valence-corrected chi connectivity index (χ2v) is 5.52. The number of aryl methyl sites for hydroxylation is 3. The van der Waals surface area contributed by atoms with Crippen molar-refractivity contribution >= 4 is 0 Å². The summed E-state index contributed by atoms with van der Waals surface area (Å²) >= 11 is 4.86. The van der Waals surface area contributed by atoms with Gasteiger partial charge in [-0.15, -0.1) is 0 Å². The Kier molecular flexibility index (Phi) is 7.09. The minimum absolute atomic E-state index is 0. The van der Waals surface area contributed by atoms with Crippen molar-refractivity contribution in [3.8, 4) is 4.80 Å². The van der Waals surface area contributed by atoms with E-state index in [1.807, 2.05) is 19.3 Å². The Balaban J connectivity index is 0.00000242. The van der Waals surface area contributed by atoms with Gasteiger partial charge in [0.25, 0.3) is 0 Å². The number of nitrogens with zero attached hydrogens (tertiary/aromatic N) is 2. The van der Waals surface area contributed by atoms with Crippen LogP contribution in [-0.4, -0.2) is 15.0 Å². The molecule has 1 aromatic carbocycles. The number of benzene rings is 1. The number of imidazole rings is 1. The first-order valence-corrected chi connectivity index (χ1v) is 8.13. The number of aromatic nitrogens is 2. The van der Waals surface area contributed by atoms with Crippen molar-refractivity contribution in [3.63, 3.8) is 0 Å².